The van der Waals surface area contributed by atoms with Crippen molar-refractivity contribution in [2.75, 3.05) is 0 Å². The van der Waals surface area contributed by atoms with E-state index >= 15 is 0 Å². The molecule has 0 aliphatic carbocycles. The molecule has 0 atom stereocenters. The first kappa shape index (κ1) is 9.76. The van der Waals surface area contributed by atoms with E-state index in [2.05, 4.69) is 19.9 Å². The number of H-pyrrole nitrogens is 1. The number of hydrogen-bond donors (Lipinski definition) is 1. The average Bonchev–Trinajstić information content (AvgIpc) is 2.16. The Balaban J connectivity index is 2.94. The van der Waals surface area contributed by atoms with Gasteiger partial charge in [0.15, 0.2) is 5.65 Å². The van der Waals surface area contributed by atoms with Crippen LogP contribution in [0.5, 0.6) is 0 Å². The molecule has 5 heteroatoms. The lowest BCUT2D eigenvalue weighted by molar-refractivity contribution is 0.812. The molecule has 1 N–H and O–H groups in total. The molecular weight excluding hydrogens is 192 g/mol. The molecule has 0 unspecified atom stereocenters. The van der Waals surface area contributed by atoms with Crippen LogP contribution in [0.15, 0.2) is 11.1 Å². The van der Waals surface area contributed by atoms with Gasteiger partial charge < -0.3 is 4.98 Å². The van der Waals surface area contributed by atoms with Crippen molar-refractivity contribution >= 4 is 11.0 Å². The van der Waals surface area contributed by atoms with E-state index in [1.54, 1.807) is 6.92 Å². The van der Waals surface area contributed by atoms with Gasteiger partial charge >= 0.3 is 0 Å². The molecular formula is C10H12N4O. The smallest absolute Gasteiger partial charge is 0.262 e. The van der Waals surface area contributed by atoms with Crippen LogP contribution >= 0.6 is 0 Å². The highest BCUT2D eigenvalue weighted by Gasteiger charge is 2.12. The van der Waals surface area contributed by atoms with Crippen LogP contribution in [0.2, 0.25) is 0 Å². The van der Waals surface area contributed by atoms with Crippen LogP contribution in [0, 0.1) is 6.92 Å². The Kier molecular flexibility index (Phi) is 2.22. The lowest BCUT2D eigenvalue weighted by Gasteiger charge is -2.07. The highest BCUT2D eigenvalue weighted by molar-refractivity contribution is 5.76. The average molecular weight is 204 g/mol. The van der Waals surface area contributed by atoms with E-state index in [9.17, 15) is 4.79 Å². The summed E-state index contributed by atoms with van der Waals surface area (Å²) in [4.78, 5) is 26.6. The van der Waals surface area contributed by atoms with Gasteiger partial charge in [-0.3, -0.25) is 4.79 Å². The Morgan fingerprint density at radius 3 is 2.73 bits per heavy atom. The maximum Gasteiger partial charge on any atom is 0.262 e. The summed E-state index contributed by atoms with van der Waals surface area (Å²) in [7, 11) is 0. The minimum atomic E-state index is -0.177. The van der Waals surface area contributed by atoms with Crippen molar-refractivity contribution in [2.24, 2.45) is 0 Å². The monoisotopic (exact) mass is 204 g/mol. The third-order valence-electron chi connectivity index (χ3n) is 2.19. The molecule has 78 valence electrons. The number of rotatable bonds is 1. The summed E-state index contributed by atoms with van der Waals surface area (Å²) in [6.45, 7) is 5.79. The lowest BCUT2D eigenvalue weighted by Crippen LogP contribution is -2.13. The summed E-state index contributed by atoms with van der Waals surface area (Å²) in [5.74, 6) is 0.823. The molecule has 0 bridgehead atoms. The third kappa shape index (κ3) is 1.60. The van der Waals surface area contributed by atoms with Gasteiger partial charge in [0, 0.05) is 0 Å². The van der Waals surface area contributed by atoms with Gasteiger partial charge in [-0.1, -0.05) is 13.8 Å². The van der Waals surface area contributed by atoms with E-state index in [0.29, 0.717) is 16.9 Å². The molecule has 2 aromatic rings. The molecule has 5 nitrogen and oxygen atoms in total. The molecule has 0 radical (unpaired) electrons. The summed E-state index contributed by atoms with van der Waals surface area (Å²) in [5.41, 5.74) is 1.05. The fourth-order valence-electron chi connectivity index (χ4n) is 1.53. The molecule has 0 fully saturated rings. The van der Waals surface area contributed by atoms with Gasteiger partial charge in [0.05, 0.1) is 12.0 Å². The molecule has 0 saturated heterocycles. The Hall–Kier alpha value is -1.78. The Labute approximate surface area is 86.6 Å². The number of nitrogens with zero attached hydrogens (tertiary/aromatic N) is 3. The zero-order valence-corrected chi connectivity index (χ0v) is 8.90. The van der Waals surface area contributed by atoms with Crippen LogP contribution in [0.3, 0.4) is 0 Å². The standard InChI is InChI=1S/C10H12N4O/c1-5(2)8-7-9(14-6(3)13-8)11-4-12-10(7)15/h4-5H,1-3H3,(H,11,12,13,14,15). The van der Waals surface area contributed by atoms with Crippen molar-refractivity contribution in [1.82, 2.24) is 19.9 Å². The lowest BCUT2D eigenvalue weighted by atomic mass is 10.1. The second-order valence-corrected chi connectivity index (χ2v) is 3.74. The van der Waals surface area contributed by atoms with Crippen molar-refractivity contribution in [3.05, 3.63) is 28.2 Å². The number of aromatic nitrogens is 4. The zero-order valence-electron chi connectivity index (χ0n) is 8.90. The summed E-state index contributed by atoms with van der Waals surface area (Å²) in [6, 6.07) is 0. The molecule has 0 amide bonds. The van der Waals surface area contributed by atoms with Gasteiger partial charge in [0.1, 0.15) is 11.2 Å². The summed E-state index contributed by atoms with van der Waals surface area (Å²) in [5, 5.41) is 0.498. The molecule has 15 heavy (non-hydrogen) atoms. The van der Waals surface area contributed by atoms with E-state index in [1.165, 1.54) is 6.33 Å². The van der Waals surface area contributed by atoms with Crippen LogP contribution < -0.4 is 5.56 Å². The first-order valence-electron chi connectivity index (χ1n) is 4.81. The molecule has 2 aromatic heterocycles. The van der Waals surface area contributed by atoms with Crippen LogP contribution in [0.4, 0.5) is 0 Å². The number of hydrogen-bond acceptors (Lipinski definition) is 4. The van der Waals surface area contributed by atoms with Gasteiger partial charge in [0.25, 0.3) is 5.56 Å². The number of aryl methyl sites for hydroxylation is 1. The van der Waals surface area contributed by atoms with Crippen LogP contribution in [0.1, 0.15) is 31.3 Å². The minimum Gasteiger partial charge on any atom is -0.312 e. The van der Waals surface area contributed by atoms with Gasteiger partial charge in [-0.2, -0.15) is 0 Å². The molecule has 0 spiro atoms. The van der Waals surface area contributed by atoms with E-state index in [1.807, 2.05) is 13.8 Å². The summed E-state index contributed by atoms with van der Waals surface area (Å²) in [6.07, 6.45) is 1.36. The SMILES string of the molecule is Cc1nc(C(C)C)c2c(=O)[nH]cnc2n1. The van der Waals surface area contributed by atoms with Crippen molar-refractivity contribution < 1.29 is 0 Å². The second-order valence-electron chi connectivity index (χ2n) is 3.74. The molecule has 2 rings (SSSR count). The highest BCUT2D eigenvalue weighted by Crippen LogP contribution is 2.17. The van der Waals surface area contributed by atoms with E-state index < -0.39 is 0 Å². The summed E-state index contributed by atoms with van der Waals surface area (Å²) < 4.78 is 0. The van der Waals surface area contributed by atoms with Gasteiger partial charge in [0.2, 0.25) is 0 Å². The van der Waals surface area contributed by atoms with Crippen molar-refractivity contribution in [3.63, 3.8) is 0 Å². The van der Waals surface area contributed by atoms with Gasteiger partial charge in [-0.15, -0.1) is 0 Å². The van der Waals surface area contributed by atoms with Crippen LogP contribution in [-0.2, 0) is 0 Å². The highest BCUT2D eigenvalue weighted by atomic mass is 16.1. The molecule has 2 heterocycles. The number of nitrogens with one attached hydrogen (secondary N) is 1. The van der Waals surface area contributed by atoms with Gasteiger partial charge in [-0.05, 0) is 12.8 Å². The first-order valence-corrected chi connectivity index (χ1v) is 4.81. The van der Waals surface area contributed by atoms with Crippen molar-refractivity contribution in [2.45, 2.75) is 26.7 Å². The Bertz CT molecular complexity index is 559. The summed E-state index contributed by atoms with van der Waals surface area (Å²) >= 11 is 0. The van der Waals surface area contributed by atoms with Crippen LogP contribution in [-0.4, -0.2) is 19.9 Å². The number of aromatic amines is 1. The minimum absolute atomic E-state index is 0.177. The molecule has 0 aliphatic rings. The van der Waals surface area contributed by atoms with Crippen LogP contribution in [0.25, 0.3) is 11.0 Å². The topological polar surface area (TPSA) is 71.5 Å². The largest absolute Gasteiger partial charge is 0.312 e. The third-order valence-corrected chi connectivity index (χ3v) is 2.19. The molecule has 0 aromatic carbocycles. The van der Waals surface area contributed by atoms with Crippen molar-refractivity contribution in [1.29, 1.82) is 0 Å². The second kappa shape index (κ2) is 3.42. The normalized spacial score (nSPS) is 11.2. The van der Waals surface area contributed by atoms with Gasteiger partial charge in [-0.25, -0.2) is 15.0 Å². The zero-order chi connectivity index (χ0) is 11.0. The number of fused-ring (bicyclic) bond motifs is 1. The van der Waals surface area contributed by atoms with Crippen molar-refractivity contribution in [3.8, 4) is 0 Å². The Morgan fingerprint density at radius 2 is 2.07 bits per heavy atom. The quantitative estimate of drug-likeness (QED) is 0.756. The molecule has 0 aliphatic heterocycles. The first-order chi connectivity index (χ1) is 7.09. The fraction of sp³-hybridized carbons (Fsp3) is 0.400. The fourth-order valence-corrected chi connectivity index (χ4v) is 1.53. The van der Waals surface area contributed by atoms with E-state index in [-0.39, 0.29) is 11.5 Å². The maximum absolute atomic E-state index is 11.6. The maximum atomic E-state index is 11.6. The molecule has 0 saturated carbocycles. The predicted molar refractivity (Wildman–Crippen MR) is 56.8 cm³/mol. The Morgan fingerprint density at radius 1 is 1.33 bits per heavy atom. The predicted octanol–water partition coefficient (Wildman–Crippen LogP) is 1.14. The van der Waals surface area contributed by atoms with E-state index in [4.69, 9.17) is 0 Å². The van der Waals surface area contributed by atoms with E-state index in [0.717, 1.165) is 5.69 Å².